The molecular weight excluding hydrogens is 611 g/mol. The molecule has 0 radical (unpaired) electrons. The van der Waals surface area contributed by atoms with Crippen molar-refractivity contribution in [3.63, 3.8) is 0 Å². The molecule has 5 rings (SSSR count). The van der Waals surface area contributed by atoms with Crippen LogP contribution in [0.5, 0.6) is 0 Å². The lowest BCUT2D eigenvalue weighted by atomic mass is 10.1. The average molecular weight is 633 g/mol. The van der Waals surface area contributed by atoms with E-state index in [1.54, 1.807) is 6.07 Å². The zero-order valence-electron chi connectivity index (χ0n) is 20.6. The van der Waals surface area contributed by atoms with Gasteiger partial charge in [0, 0.05) is 29.1 Å². The summed E-state index contributed by atoms with van der Waals surface area (Å²) in [6.45, 7) is 2.70. The Bertz CT molecular complexity index is 1840. The van der Waals surface area contributed by atoms with Crippen LogP contribution in [0.1, 0.15) is 31.4 Å². The van der Waals surface area contributed by atoms with Crippen LogP contribution in [0, 0.1) is 22.1 Å². The van der Waals surface area contributed by atoms with Crippen molar-refractivity contribution in [2.75, 3.05) is 10.6 Å². The van der Waals surface area contributed by atoms with Crippen molar-refractivity contribution in [1.82, 2.24) is 13.7 Å². The molecule has 4 aromatic rings. The number of halogens is 3. The van der Waals surface area contributed by atoms with Crippen molar-refractivity contribution in [2.24, 2.45) is 7.05 Å². The minimum absolute atomic E-state index is 0.000507. The summed E-state index contributed by atoms with van der Waals surface area (Å²) in [4.78, 5) is 52.5. The van der Waals surface area contributed by atoms with Crippen molar-refractivity contribution in [3.05, 3.63) is 88.4 Å². The summed E-state index contributed by atoms with van der Waals surface area (Å²) in [5, 5.41) is 5.27. The molecule has 1 saturated carbocycles. The molecule has 0 spiro atoms. The minimum atomic E-state index is -0.721. The number of hydrogen-bond acceptors (Lipinski definition) is 5. The molecule has 1 amide bonds. The van der Waals surface area contributed by atoms with E-state index in [0.29, 0.717) is 16.4 Å². The molecule has 0 saturated heterocycles. The molecule has 1 fully saturated rings. The smallest absolute Gasteiger partial charge is 0.336 e. The predicted molar refractivity (Wildman–Crippen MR) is 149 cm³/mol. The van der Waals surface area contributed by atoms with Gasteiger partial charge in [-0.2, -0.15) is 0 Å². The number of carbonyl (C=O) groups is 1. The van der Waals surface area contributed by atoms with Crippen molar-refractivity contribution in [3.8, 4) is 5.69 Å². The number of fused-ring (bicyclic) bond motifs is 1. The van der Waals surface area contributed by atoms with Crippen LogP contribution >= 0.6 is 22.6 Å². The number of amides is 1. The first-order valence-corrected chi connectivity index (χ1v) is 12.8. The third-order valence-corrected chi connectivity index (χ3v) is 7.13. The molecular formula is C26H22F2IN5O4. The van der Waals surface area contributed by atoms with Gasteiger partial charge < -0.3 is 10.6 Å². The van der Waals surface area contributed by atoms with Crippen LogP contribution in [-0.2, 0) is 11.8 Å². The van der Waals surface area contributed by atoms with Gasteiger partial charge in [0.25, 0.3) is 11.1 Å². The summed E-state index contributed by atoms with van der Waals surface area (Å²) >= 11 is 1.97. The van der Waals surface area contributed by atoms with E-state index in [4.69, 9.17) is 0 Å². The molecule has 1 aliphatic rings. The highest BCUT2D eigenvalue weighted by Gasteiger charge is 2.31. The number of rotatable bonds is 5. The summed E-state index contributed by atoms with van der Waals surface area (Å²) in [5.41, 5.74) is -1.73. The van der Waals surface area contributed by atoms with Crippen LogP contribution in [0.25, 0.3) is 16.6 Å². The quantitative estimate of drug-likeness (QED) is 0.323. The summed E-state index contributed by atoms with van der Waals surface area (Å²) in [6, 6.07) is 7.79. The van der Waals surface area contributed by atoms with E-state index >= 15 is 0 Å². The van der Waals surface area contributed by atoms with E-state index in [1.807, 2.05) is 22.6 Å². The summed E-state index contributed by atoms with van der Waals surface area (Å²) < 4.78 is 33.4. The standard InChI is InChI=1S/C26H22F2IN5O4/c1-12-22-21(23(32(3)24(12)36)31-19-9-4-14(29)10-18(19)28)25(37)34(15-5-6-15)26(38)33(22)16-7-8-17(27)20(11-16)30-13(2)35/h4,7-11,15,31H,5-6H2,1-3H3,(H,30,35). The van der Waals surface area contributed by atoms with E-state index in [9.17, 15) is 28.0 Å². The first-order chi connectivity index (χ1) is 18.0. The fourth-order valence-corrected chi connectivity index (χ4v) is 4.96. The normalized spacial score (nSPS) is 13.1. The van der Waals surface area contributed by atoms with Crippen LogP contribution in [0.2, 0.25) is 0 Å². The van der Waals surface area contributed by atoms with Crippen LogP contribution in [0.3, 0.4) is 0 Å². The van der Waals surface area contributed by atoms with Crippen molar-refractivity contribution in [1.29, 1.82) is 0 Å². The molecule has 2 aromatic carbocycles. The van der Waals surface area contributed by atoms with Gasteiger partial charge in [0.15, 0.2) is 0 Å². The van der Waals surface area contributed by atoms with Gasteiger partial charge in [-0.05, 0) is 78.8 Å². The molecule has 2 aromatic heterocycles. The highest BCUT2D eigenvalue weighted by atomic mass is 127. The van der Waals surface area contributed by atoms with Gasteiger partial charge in [-0.15, -0.1) is 0 Å². The Morgan fingerprint density at radius 2 is 1.71 bits per heavy atom. The number of aromatic nitrogens is 3. The van der Waals surface area contributed by atoms with E-state index < -0.39 is 34.3 Å². The van der Waals surface area contributed by atoms with Crippen LogP contribution in [-0.4, -0.2) is 19.6 Å². The average Bonchev–Trinajstić information content (AvgIpc) is 3.68. The van der Waals surface area contributed by atoms with Crippen LogP contribution in [0.4, 0.5) is 26.0 Å². The Morgan fingerprint density at radius 1 is 1.00 bits per heavy atom. The lowest BCUT2D eigenvalue weighted by Gasteiger charge is -2.21. The second-order valence-corrected chi connectivity index (χ2v) is 10.4. The molecule has 38 heavy (non-hydrogen) atoms. The fourth-order valence-electron chi connectivity index (χ4n) is 4.51. The Labute approximate surface area is 227 Å². The minimum Gasteiger partial charge on any atom is -0.338 e. The fraction of sp³-hybridized carbons (Fsp3) is 0.231. The topological polar surface area (TPSA) is 107 Å². The van der Waals surface area contributed by atoms with Crippen LogP contribution in [0.15, 0.2) is 50.8 Å². The molecule has 2 heterocycles. The summed E-state index contributed by atoms with van der Waals surface area (Å²) in [5.74, 6) is -1.82. The lowest BCUT2D eigenvalue weighted by Crippen LogP contribution is -2.41. The van der Waals surface area contributed by atoms with Crippen molar-refractivity contribution >= 4 is 56.6 Å². The first kappa shape index (κ1) is 25.8. The Morgan fingerprint density at radius 3 is 2.34 bits per heavy atom. The molecule has 0 aliphatic heterocycles. The number of pyridine rings is 1. The van der Waals surface area contributed by atoms with E-state index in [0.717, 1.165) is 10.6 Å². The van der Waals surface area contributed by atoms with Gasteiger partial charge in [0.1, 0.15) is 22.8 Å². The van der Waals surface area contributed by atoms with Gasteiger partial charge in [0.05, 0.1) is 22.6 Å². The zero-order valence-corrected chi connectivity index (χ0v) is 22.7. The van der Waals surface area contributed by atoms with Gasteiger partial charge >= 0.3 is 5.69 Å². The molecule has 12 heteroatoms. The summed E-state index contributed by atoms with van der Waals surface area (Å²) in [7, 11) is 1.45. The van der Waals surface area contributed by atoms with E-state index in [2.05, 4.69) is 10.6 Å². The Kier molecular flexibility index (Phi) is 6.45. The first-order valence-electron chi connectivity index (χ1n) is 11.7. The van der Waals surface area contributed by atoms with Gasteiger partial charge in [-0.3, -0.25) is 28.1 Å². The maximum atomic E-state index is 14.8. The molecule has 0 unspecified atom stereocenters. The van der Waals surface area contributed by atoms with E-state index in [1.165, 1.54) is 54.3 Å². The van der Waals surface area contributed by atoms with E-state index in [-0.39, 0.29) is 45.4 Å². The molecule has 9 nitrogen and oxygen atoms in total. The number of nitrogens with one attached hydrogen (secondary N) is 2. The zero-order chi connectivity index (χ0) is 27.5. The third kappa shape index (κ3) is 4.31. The second-order valence-electron chi connectivity index (χ2n) is 9.18. The maximum absolute atomic E-state index is 14.8. The van der Waals surface area contributed by atoms with Crippen molar-refractivity contribution < 1.29 is 13.6 Å². The van der Waals surface area contributed by atoms with Gasteiger partial charge in [-0.25, -0.2) is 13.6 Å². The number of benzene rings is 2. The van der Waals surface area contributed by atoms with Crippen LogP contribution < -0.4 is 27.4 Å². The number of anilines is 3. The van der Waals surface area contributed by atoms with Gasteiger partial charge in [0.2, 0.25) is 5.91 Å². The lowest BCUT2D eigenvalue weighted by molar-refractivity contribution is -0.114. The molecule has 196 valence electrons. The number of hydrogen-bond donors (Lipinski definition) is 2. The molecule has 2 N–H and O–H groups in total. The SMILES string of the molecule is CC(=O)Nc1cc(-n2c(=O)n(C3CC3)c(=O)c3c(Nc4ccc(I)cc4F)n(C)c(=O)c(C)c32)ccc1F. The molecule has 0 atom stereocenters. The molecule has 1 aliphatic carbocycles. The molecule has 0 bridgehead atoms. The third-order valence-electron chi connectivity index (χ3n) is 6.46. The monoisotopic (exact) mass is 633 g/mol. The number of nitrogens with zero attached hydrogens (tertiary/aromatic N) is 3. The number of carbonyl (C=O) groups excluding carboxylic acids is 1. The summed E-state index contributed by atoms with van der Waals surface area (Å²) in [6.07, 6.45) is 1.22. The maximum Gasteiger partial charge on any atom is 0.336 e. The Balaban J connectivity index is 1.91. The highest BCUT2D eigenvalue weighted by molar-refractivity contribution is 14.1. The largest absolute Gasteiger partial charge is 0.338 e. The Hall–Kier alpha value is -3.81. The predicted octanol–water partition coefficient (Wildman–Crippen LogP) is 4.08. The second kappa shape index (κ2) is 9.49. The van der Waals surface area contributed by atoms with Gasteiger partial charge in [-0.1, -0.05) is 0 Å². The number of aryl methyl sites for hydroxylation is 1. The van der Waals surface area contributed by atoms with Crippen molar-refractivity contribution in [2.45, 2.75) is 32.7 Å². The highest BCUT2D eigenvalue weighted by Crippen LogP contribution is 2.34.